The monoisotopic (exact) mass is 393 g/mol. The van der Waals surface area contributed by atoms with Crippen LogP contribution in [0.5, 0.6) is 0 Å². The van der Waals surface area contributed by atoms with E-state index >= 15 is 0 Å². The Kier molecular flexibility index (Phi) is 6.80. The van der Waals surface area contributed by atoms with Crippen LogP contribution in [0.4, 0.5) is 5.69 Å². The molecule has 0 aliphatic rings. The quantitative estimate of drug-likeness (QED) is 0.719. The number of anilines is 1. The topological polar surface area (TPSA) is 91.7 Å². The van der Waals surface area contributed by atoms with Crippen molar-refractivity contribution in [2.24, 2.45) is 0 Å². The lowest BCUT2D eigenvalue weighted by Crippen LogP contribution is -2.39. The van der Waals surface area contributed by atoms with Gasteiger partial charge in [0.1, 0.15) is 11.5 Å². The second-order valence-electron chi connectivity index (χ2n) is 6.89. The second-order valence-corrected chi connectivity index (χ2v) is 8.61. The van der Waals surface area contributed by atoms with Crippen LogP contribution in [0.15, 0.2) is 45.7 Å². The molecule has 1 atom stereocenters. The van der Waals surface area contributed by atoms with Crippen LogP contribution in [-0.4, -0.2) is 38.4 Å². The molecule has 27 heavy (non-hydrogen) atoms. The van der Waals surface area contributed by atoms with E-state index in [9.17, 15) is 13.2 Å². The number of carbonyl (C=O) groups excluding carboxylic acids is 1. The molecule has 0 radical (unpaired) electrons. The summed E-state index contributed by atoms with van der Waals surface area (Å²) >= 11 is 0. The molecule has 1 aromatic carbocycles. The minimum Gasteiger partial charge on any atom is -0.465 e. The number of furan rings is 1. The minimum absolute atomic E-state index is 0.160. The van der Waals surface area contributed by atoms with Gasteiger partial charge in [-0.2, -0.15) is 0 Å². The maximum absolute atomic E-state index is 12.5. The zero-order valence-electron chi connectivity index (χ0n) is 16.3. The van der Waals surface area contributed by atoms with Crippen LogP contribution in [0, 0.1) is 6.92 Å². The largest absolute Gasteiger partial charge is 0.465 e. The summed E-state index contributed by atoms with van der Waals surface area (Å²) in [4.78, 5) is 14.5. The molecule has 2 N–H and O–H groups in total. The second kappa shape index (κ2) is 8.69. The smallest absolute Gasteiger partial charge is 0.241 e. The Morgan fingerprint density at radius 3 is 2.26 bits per heavy atom. The van der Waals surface area contributed by atoms with E-state index in [0.29, 0.717) is 12.2 Å². The molecular weight excluding hydrogens is 366 g/mol. The molecule has 148 valence electrons. The van der Waals surface area contributed by atoms with Crippen LogP contribution < -0.4 is 10.0 Å². The normalized spacial score (nSPS) is 13.1. The Balaban J connectivity index is 1.98. The molecule has 0 aliphatic heterocycles. The average molecular weight is 394 g/mol. The minimum atomic E-state index is -3.55. The third-order valence-electron chi connectivity index (χ3n) is 4.06. The Morgan fingerprint density at radius 2 is 1.74 bits per heavy atom. The van der Waals surface area contributed by atoms with Gasteiger partial charge in [0.2, 0.25) is 15.9 Å². The molecule has 0 bridgehead atoms. The number of likely N-dealkylation sites (N-methyl/N-ethyl adjacent to an activating group) is 1. The number of hydrogen-bond donors (Lipinski definition) is 2. The number of amides is 1. The third kappa shape index (κ3) is 5.92. The molecule has 0 saturated heterocycles. The molecule has 2 aromatic rings. The lowest BCUT2D eigenvalue weighted by Gasteiger charge is -2.23. The van der Waals surface area contributed by atoms with Crippen LogP contribution in [0.2, 0.25) is 0 Å². The first-order valence-electron chi connectivity index (χ1n) is 8.77. The lowest BCUT2D eigenvalue weighted by atomic mass is 10.2. The fourth-order valence-corrected chi connectivity index (χ4v) is 3.75. The van der Waals surface area contributed by atoms with E-state index in [4.69, 9.17) is 4.42 Å². The van der Waals surface area contributed by atoms with Gasteiger partial charge in [-0.25, -0.2) is 13.1 Å². The summed E-state index contributed by atoms with van der Waals surface area (Å²) < 4.78 is 32.3. The lowest BCUT2D eigenvalue weighted by molar-refractivity contribution is -0.120. The molecule has 1 aromatic heterocycles. The summed E-state index contributed by atoms with van der Waals surface area (Å²) in [5.74, 6) is 1.44. The summed E-state index contributed by atoms with van der Waals surface area (Å²) in [6.45, 7) is 7.71. The highest BCUT2D eigenvalue weighted by molar-refractivity contribution is 7.89. The van der Waals surface area contributed by atoms with E-state index in [-0.39, 0.29) is 22.9 Å². The maximum Gasteiger partial charge on any atom is 0.241 e. The number of carbonyl (C=O) groups is 1. The average Bonchev–Trinajstić information content (AvgIpc) is 2.98. The Hall–Kier alpha value is -2.16. The van der Waals surface area contributed by atoms with Crippen molar-refractivity contribution in [2.45, 2.75) is 51.2 Å². The Bertz CT molecular complexity index is 873. The summed E-state index contributed by atoms with van der Waals surface area (Å²) in [6.07, 6.45) is 0. The van der Waals surface area contributed by atoms with E-state index in [1.54, 1.807) is 32.9 Å². The predicted molar refractivity (Wildman–Crippen MR) is 105 cm³/mol. The van der Waals surface area contributed by atoms with Gasteiger partial charge in [-0.15, -0.1) is 0 Å². The van der Waals surface area contributed by atoms with Crippen LogP contribution in [0.1, 0.15) is 32.3 Å². The van der Waals surface area contributed by atoms with Gasteiger partial charge >= 0.3 is 0 Å². The summed E-state index contributed by atoms with van der Waals surface area (Å²) in [6, 6.07) is 9.30. The fraction of sp³-hybridized carbons (Fsp3) is 0.421. The SMILES string of the molecule is Cc1ccc(CN(C)[C@@H](C)C(=O)Nc2ccc(S(=O)(=O)NC(C)C)cc2)o1. The van der Waals surface area contributed by atoms with Crippen LogP contribution in [0.3, 0.4) is 0 Å². The molecule has 1 heterocycles. The molecule has 7 nitrogen and oxygen atoms in total. The molecule has 0 saturated carbocycles. The molecule has 0 aliphatic carbocycles. The van der Waals surface area contributed by atoms with E-state index in [0.717, 1.165) is 11.5 Å². The van der Waals surface area contributed by atoms with Crippen LogP contribution in [-0.2, 0) is 21.4 Å². The van der Waals surface area contributed by atoms with E-state index in [2.05, 4.69) is 10.0 Å². The van der Waals surface area contributed by atoms with Crippen molar-refractivity contribution in [2.75, 3.05) is 12.4 Å². The van der Waals surface area contributed by atoms with Gasteiger partial charge in [0.05, 0.1) is 17.5 Å². The number of nitrogens with zero attached hydrogens (tertiary/aromatic N) is 1. The maximum atomic E-state index is 12.5. The van der Waals surface area contributed by atoms with Gasteiger partial charge in [-0.05, 0) is 71.1 Å². The van der Waals surface area contributed by atoms with Gasteiger partial charge in [0, 0.05) is 11.7 Å². The van der Waals surface area contributed by atoms with Crippen LogP contribution >= 0.6 is 0 Å². The first kappa shape index (κ1) is 21.1. The fourth-order valence-electron chi connectivity index (χ4n) is 2.50. The third-order valence-corrected chi connectivity index (χ3v) is 5.74. The van der Waals surface area contributed by atoms with Gasteiger partial charge < -0.3 is 9.73 Å². The molecule has 0 spiro atoms. The standard InChI is InChI=1S/C19H27N3O4S/c1-13(2)21-27(24,25)18-10-7-16(8-11-18)20-19(23)15(4)22(5)12-17-9-6-14(3)26-17/h6-11,13,15,21H,12H2,1-5H3,(H,20,23)/t15-/m0/s1. The summed E-state index contributed by atoms with van der Waals surface area (Å²) in [5, 5.41) is 2.81. The van der Waals surface area contributed by atoms with Crippen molar-refractivity contribution in [1.82, 2.24) is 9.62 Å². The van der Waals surface area contributed by atoms with Crippen molar-refractivity contribution in [3.8, 4) is 0 Å². The van der Waals surface area contributed by atoms with Crippen molar-refractivity contribution >= 4 is 21.6 Å². The molecule has 0 fully saturated rings. The molecule has 0 unspecified atom stereocenters. The van der Waals surface area contributed by atoms with Crippen LogP contribution in [0.25, 0.3) is 0 Å². The molecular formula is C19H27N3O4S. The molecule has 8 heteroatoms. The highest BCUT2D eigenvalue weighted by Crippen LogP contribution is 2.16. The molecule has 1 amide bonds. The molecule has 2 rings (SSSR count). The van der Waals surface area contributed by atoms with Gasteiger partial charge in [0.25, 0.3) is 0 Å². The number of aryl methyl sites for hydroxylation is 1. The van der Waals surface area contributed by atoms with Crippen molar-refractivity contribution in [3.05, 3.63) is 47.9 Å². The van der Waals surface area contributed by atoms with Crippen molar-refractivity contribution in [1.29, 1.82) is 0 Å². The van der Waals surface area contributed by atoms with Crippen molar-refractivity contribution < 1.29 is 17.6 Å². The summed E-state index contributed by atoms with van der Waals surface area (Å²) in [7, 11) is -1.71. The van der Waals surface area contributed by atoms with E-state index < -0.39 is 10.0 Å². The number of benzene rings is 1. The van der Waals surface area contributed by atoms with Gasteiger partial charge in [-0.1, -0.05) is 0 Å². The number of sulfonamides is 1. The first-order chi connectivity index (χ1) is 12.6. The van der Waals surface area contributed by atoms with Crippen molar-refractivity contribution in [3.63, 3.8) is 0 Å². The number of nitrogens with one attached hydrogen (secondary N) is 2. The number of hydrogen-bond acceptors (Lipinski definition) is 5. The number of rotatable bonds is 8. The zero-order chi connectivity index (χ0) is 20.2. The Labute approximate surface area is 160 Å². The Morgan fingerprint density at radius 1 is 1.11 bits per heavy atom. The highest BCUT2D eigenvalue weighted by atomic mass is 32.2. The van der Waals surface area contributed by atoms with E-state index in [1.165, 1.54) is 12.1 Å². The predicted octanol–water partition coefficient (Wildman–Crippen LogP) is 2.73. The summed E-state index contributed by atoms with van der Waals surface area (Å²) in [5.41, 5.74) is 0.539. The zero-order valence-corrected chi connectivity index (χ0v) is 17.1. The first-order valence-corrected chi connectivity index (χ1v) is 10.3. The van der Waals surface area contributed by atoms with Gasteiger partial charge in [-0.3, -0.25) is 9.69 Å². The van der Waals surface area contributed by atoms with E-state index in [1.807, 2.05) is 31.0 Å². The van der Waals surface area contributed by atoms with Gasteiger partial charge in [0.15, 0.2) is 0 Å². The highest BCUT2D eigenvalue weighted by Gasteiger charge is 2.20.